The number of ether oxygens (including phenoxy) is 1. The molecule has 0 amide bonds. The van der Waals surface area contributed by atoms with E-state index in [0.717, 1.165) is 0 Å². The van der Waals surface area contributed by atoms with Gasteiger partial charge in [0.05, 0.1) is 12.8 Å². The van der Waals surface area contributed by atoms with E-state index < -0.39 is 5.97 Å². The summed E-state index contributed by atoms with van der Waals surface area (Å²) in [4.78, 5) is 14.3. The van der Waals surface area contributed by atoms with Crippen molar-refractivity contribution in [2.24, 2.45) is 0 Å². The van der Waals surface area contributed by atoms with E-state index in [1.54, 1.807) is 24.3 Å². The minimum atomic E-state index is -1.22. The number of anilines is 1. The average Bonchev–Trinajstić information content (AvgIpc) is 2.72. The van der Waals surface area contributed by atoms with Gasteiger partial charge < -0.3 is 15.6 Å². The van der Waals surface area contributed by atoms with E-state index >= 15 is 0 Å². The van der Waals surface area contributed by atoms with Crippen LogP contribution in [0.15, 0.2) is 24.3 Å². The van der Waals surface area contributed by atoms with E-state index in [4.69, 9.17) is 15.6 Å². The van der Waals surface area contributed by atoms with Gasteiger partial charge in [0, 0.05) is 6.07 Å². The molecule has 1 aromatic carbocycles. The van der Waals surface area contributed by atoms with Crippen LogP contribution in [0.5, 0.6) is 5.75 Å². The summed E-state index contributed by atoms with van der Waals surface area (Å²) < 4.78 is 6.29. The molecule has 0 aliphatic carbocycles. The second-order valence-corrected chi connectivity index (χ2v) is 3.21. The molecule has 1 aromatic heterocycles. The highest BCUT2D eigenvalue weighted by Crippen LogP contribution is 2.17. The Morgan fingerprint density at radius 2 is 2.29 bits per heavy atom. The maximum atomic E-state index is 10.7. The van der Waals surface area contributed by atoms with Gasteiger partial charge in [-0.1, -0.05) is 6.07 Å². The van der Waals surface area contributed by atoms with E-state index in [-0.39, 0.29) is 11.8 Å². The number of benzene rings is 1. The minimum absolute atomic E-state index is 0.00986. The Kier molecular flexibility index (Phi) is 2.65. The molecule has 7 heteroatoms. The molecule has 88 valence electrons. The topological polar surface area (TPSA) is 103 Å². The summed E-state index contributed by atoms with van der Waals surface area (Å²) in [5.41, 5.74) is 6.17. The Morgan fingerprint density at radius 1 is 1.53 bits per heavy atom. The molecule has 7 nitrogen and oxygen atoms in total. The number of nitrogen functional groups attached to an aromatic ring is 1. The fraction of sp³-hybridized carbons (Fsp3) is 0.100. The largest absolute Gasteiger partial charge is 0.497 e. The van der Waals surface area contributed by atoms with Crippen LogP contribution in [-0.4, -0.2) is 33.0 Å². The lowest BCUT2D eigenvalue weighted by molar-refractivity contribution is 0.0683. The molecule has 0 atom stereocenters. The maximum Gasteiger partial charge on any atom is 0.375 e. The molecule has 1 heterocycles. The molecular formula is C10H10N4O3. The van der Waals surface area contributed by atoms with E-state index in [9.17, 15) is 4.79 Å². The third kappa shape index (κ3) is 2.03. The van der Waals surface area contributed by atoms with Crippen molar-refractivity contribution in [1.82, 2.24) is 14.8 Å². The number of hydrogen-bond acceptors (Lipinski definition) is 5. The molecule has 2 rings (SSSR count). The van der Waals surface area contributed by atoms with Crippen LogP contribution in [0.1, 0.15) is 10.6 Å². The number of hydrogen-bond donors (Lipinski definition) is 2. The fourth-order valence-corrected chi connectivity index (χ4v) is 1.35. The molecule has 0 aliphatic rings. The number of aromatic carboxylic acids is 1. The van der Waals surface area contributed by atoms with Crippen LogP contribution in [0.2, 0.25) is 0 Å². The van der Waals surface area contributed by atoms with Crippen LogP contribution < -0.4 is 10.5 Å². The van der Waals surface area contributed by atoms with Crippen LogP contribution >= 0.6 is 0 Å². The molecule has 0 bridgehead atoms. The zero-order valence-electron chi connectivity index (χ0n) is 8.99. The third-order valence-corrected chi connectivity index (χ3v) is 2.12. The lowest BCUT2D eigenvalue weighted by Crippen LogP contribution is -2.03. The third-order valence-electron chi connectivity index (χ3n) is 2.12. The lowest BCUT2D eigenvalue weighted by Gasteiger charge is -2.04. The summed E-state index contributed by atoms with van der Waals surface area (Å²) in [6, 6.07) is 6.90. The van der Waals surface area contributed by atoms with Gasteiger partial charge in [-0.2, -0.15) is 9.67 Å². The smallest absolute Gasteiger partial charge is 0.375 e. The first-order valence-electron chi connectivity index (χ1n) is 4.72. The van der Waals surface area contributed by atoms with Crippen molar-refractivity contribution in [3.05, 3.63) is 30.1 Å². The Hall–Kier alpha value is -2.57. The van der Waals surface area contributed by atoms with Gasteiger partial charge in [0.2, 0.25) is 5.95 Å². The summed E-state index contributed by atoms with van der Waals surface area (Å²) in [6.07, 6.45) is 0. The molecule has 3 N–H and O–H groups in total. The second-order valence-electron chi connectivity index (χ2n) is 3.21. The number of rotatable bonds is 3. The molecule has 0 aliphatic heterocycles. The van der Waals surface area contributed by atoms with Crippen molar-refractivity contribution in [3.8, 4) is 11.4 Å². The van der Waals surface area contributed by atoms with E-state index in [1.807, 2.05) is 0 Å². The normalized spacial score (nSPS) is 10.2. The summed E-state index contributed by atoms with van der Waals surface area (Å²) >= 11 is 0. The first-order chi connectivity index (χ1) is 8.11. The lowest BCUT2D eigenvalue weighted by atomic mass is 10.3. The summed E-state index contributed by atoms with van der Waals surface area (Å²) in [7, 11) is 1.53. The molecule has 0 fully saturated rings. The van der Waals surface area contributed by atoms with Crippen molar-refractivity contribution in [2.45, 2.75) is 0 Å². The highest BCUT2D eigenvalue weighted by atomic mass is 16.5. The van der Waals surface area contributed by atoms with Crippen LogP contribution in [0.3, 0.4) is 0 Å². The number of carbonyl (C=O) groups is 1. The van der Waals surface area contributed by atoms with Crippen LogP contribution in [-0.2, 0) is 0 Å². The molecular weight excluding hydrogens is 224 g/mol. The predicted molar refractivity (Wildman–Crippen MR) is 59.3 cm³/mol. The summed E-state index contributed by atoms with van der Waals surface area (Å²) in [6.45, 7) is 0. The minimum Gasteiger partial charge on any atom is -0.497 e. The van der Waals surface area contributed by atoms with Gasteiger partial charge in [0.25, 0.3) is 5.82 Å². The van der Waals surface area contributed by atoms with E-state index in [1.165, 1.54) is 11.8 Å². The van der Waals surface area contributed by atoms with Crippen LogP contribution in [0, 0.1) is 0 Å². The Balaban J connectivity index is 2.48. The molecule has 0 saturated carbocycles. The number of nitrogens with two attached hydrogens (primary N) is 1. The Labute approximate surface area is 96.5 Å². The molecule has 0 saturated heterocycles. The van der Waals surface area contributed by atoms with Gasteiger partial charge in [-0.15, -0.1) is 5.10 Å². The number of carboxylic acids is 1. The van der Waals surface area contributed by atoms with Gasteiger partial charge in [-0.05, 0) is 12.1 Å². The molecule has 17 heavy (non-hydrogen) atoms. The quantitative estimate of drug-likeness (QED) is 0.804. The first-order valence-corrected chi connectivity index (χ1v) is 4.72. The Bertz CT molecular complexity index is 564. The number of aromatic nitrogens is 3. The maximum absolute atomic E-state index is 10.7. The van der Waals surface area contributed by atoms with Crippen LogP contribution in [0.4, 0.5) is 5.95 Å². The van der Waals surface area contributed by atoms with Gasteiger partial charge >= 0.3 is 5.97 Å². The fourth-order valence-electron chi connectivity index (χ4n) is 1.35. The molecule has 2 aromatic rings. The number of carboxylic acid groups (broad SMARTS) is 1. The highest BCUT2D eigenvalue weighted by Gasteiger charge is 2.14. The average molecular weight is 234 g/mol. The van der Waals surface area contributed by atoms with Crippen molar-refractivity contribution in [1.29, 1.82) is 0 Å². The van der Waals surface area contributed by atoms with Crippen molar-refractivity contribution in [3.63, 3.8) is 0 Å². The summed E-state index contributed by atoms with van der Waals surface area (Å²) in [5, 5.41) is 12.5. The number of methoxy groups -OCH3 is 1. The monoisotopic (exact) mass is 234 g/mol. The SMILES string of the molecule is COc1cccc(-n2nc(C(=O)O)nc2N)c1. The Morgan fingerprint density at radius 3 is 2.88 bits per heavy atom. The van der Waals surface area contributed by atoms with Crippen molar-refractivity contribution in [2.75, 3.05) is 12.8 Å². The first kappa shape index (κ1) is 10.9. The number of nitrogens with zero attached hydrogens (tertiary/aromatic N) is 3. The highest BCUT2D eigenvalue weighted by molar-refractivity contribution is 5.83. The zero-order chi connectivity index (χ0) is 12.4. The molecule has 0 radical (unpaired) electrons. The second kappa shape index (κ2) is 4.12. The van der Waals surface area contributed by atoms with E-state index in [2.05, 4.69) is 10.1 Å². The van der Waals surface area contributed by atoms with Gasteiger partial charge in [0.1, 0.15) is 5.75 Å². The van der Waals surface area contributed by atoms with Crippen molar-refractivity contribution >= 4 is 11.9 Å². The molecule has 0 spiro atoms. The van der Waals surface area contributed by atoms with E-state index in [0.29, 0.717) is 11.4 Å². The van der Waals surface area contributed by atoms with Gasteiger partial charge in [-0.3, -0.25) is 0 Å². The van der Waals surface area contributed by atoms with Crippen LogP contribution in [0.25, 0.3) is 5.69 Å². The van der Waals surface area contributed by atoms with Gasteiger partial charge in [0.15, 0.2) is 0 Å². The predicted octanol–water partition coefficient (Wildman–Crippen LogP) is 0.556. The van der Waals surface area contributed by atoms with Crippen molar-refractivity contribution < 1.29 is 14.6 Å². The zero-order valence-corrected chi connectivity index (χ0v) is 8.99. The standard InChI is InChI=1S/C10H10N4O3/c1-17-7-4-2-3-6(5-7)14-10(11)12-8(13-14)9(15)16/h2-5H,1H3,(H,15,16)(H2,11,12,13). The summed E-state index contributed by atoms with van der Waals surface area (Å²) in [5.74, 6) is -0.936. The van der Waals surface area contributed by atoms with Gasteiger partial charge in [-0.25, -0.2) is 4.79 Å². The molecule has 0 unspecified atom stereocenters.